The minimum absolute atomic E-state index is 0.199. The van der Waals surface area contributed by atoms with Crippen LogP contribution >= 0.6 is 11.6 Å². The molecular formula is C20H19ClN4O3. The minimum atomic E-state index is -0.346. The van der Waals surface area contributed by atoms with E-state index in [1.807, 2.05) is 37.6 Å². The predicted molar refractivity (Wildman–Crippen MR) is 105 cm³/mol. The summed E-state index contributed by atoms with van der Waals surface area (Å²) in [6.45, 7) is 6.56. The number of furan rings is 1. The van der Waals surface area contributed by atoms with E-state index in [2.05, 4.69) is 15.6 Å². The Balaban J connectivity index is 1.51. The van der Waals surface area contributed by atoms with Gasteiger partial charge in [0.2, 0.25) is 0 Å². The van der Waals surface area contributed by atoms with Gasteiger partial charge in [0.1, 0.15) is 11.3 Å². The molecule has 7 nitrogen and oxygen atoms in total. The Morgan fingerprint density at radius 2 is 2.14 bits per heavy atom. The van der Waals surface area contributed by atoms with Gasteiger partial charge in [0.15, 0.2) is 11.5 Å². The highest BCUT2D eigenvalue weighted by Crippen LogP contribution is 2.27. The highest BCUT2D eigenvalue weighted by atomic mass is 35.5. The Morgan fingerprint density at radius 1 is 1.32 bits per heavy atom. The molecule has 0 aliphatic heterocycles. The molecule has 3 aromatic heterocycles. The van der Waals surface area contributed by atoms with E-state index in [1.165, 1.54) is 0 Å². The number of rotatable bonds is 5. The summed E-state index contributed by atoms with van der Waals surface area (Å²) >= 11 is 6.01. The van der Waals surface area contributed by atoms with Crippen LogP contribution in [0.1, 0.15) is 41.8 Å². The van der Waals surface area contributed by atoms with Gasteiger partial charge in [0, 0.05) is 28.7 Å². The molecule has 28 heavy (non-hydrogen) atoms. The molecule has 1 amide bonds. The zero-order valence-corrected chi connectivity index (χ0v) is 16.4. The van der Waals surface area contributed by atoms with Crippen LogP contribution in [0.15, 0.2) is 45.5 Å². The lowest BCUT2D eigenvalue weighted by atomic mass is 10.2. The third-order valence-corrected chi connectivity index (χ3v) is 4.92. The maximum atomic E-state index is 12.6. The van der Waals surface area contributed by atoms with Crippen LogP contribution in [0.25, 0.3) is 22.3 Å². The molecular weight excluding hydrogens is 380 g/mol. The van der Waals surface area contributed by atoms with E-state index >= 15 is 0 Å². The fraction of sp³-hybridized carbons (Fsp3) is 0.250. The first-order chi connectivity index (χ1) is 13.5. The van der Waals surface area contributed by atoms with Gasteiger partial charge in [0.05, 0.1) is 17.8 Å². The molecule has 0 bridgehead atoms. The lowest BCUT2D eigenvalue weighted by Gasteiger charge is -2.09. The molecule has 4 rings (SSSR count). The fourth-order valence-corrected chi connectivity index (χ4v) is 3.29. The van der Waals surface area contributed by atoms with Crippen molar-refractivity contribution in [1.29, 1.82) is 0 Å². The lowest BCUT2D eigenvalue weighted by molar-refractivity contribution is 0.0926. The Labute approximate surface area is 166 Å². The van der Waals surface area contributed by atoms with E-state index in [0.29, 0.717) is 22.1 Å². The number of nitrogens with one attached hydrogen (secondary N) is 1. The summed E-state index contributed by atoms with van der Waals surface area (Å²) in [5.41, 5.74) is 2.69. The van der Waals surface area contributed by atoms with Gasteiger partial charge in [0.25, 0.3) is 5.91 Å². The number of carbonyl (C=O) groups excluding carboxylic acids is 1. The monoisotopic (exact) mass is 398 g/mol. The summed E-state index contributed by atoms with van der Waals surface area (Å²) in [5.74, 6) is 0.796. The van der Waals surface area contributed by atoms with Crippen molar-refractivity contribution in [1.82, 2.24) is 20.3 Å². The van der Waals surface area contributed by atoms with Gasteiger partial charge in [-0.2, -0.15) is 5.10 Å². The molecule has 144 valence electrons. The molecule has 1 atom stereocenters. The van der Waals surface area contributed by atoms with Crippen LogP contribution in [0.2, 0.25) is 5.02 Å². The van der Waals surface area contributed by atoms with Gasteiger partial charge in [-0.1, -0.05) is 16.8 Å². The first-order valence-corrected chi connectivity index (χ1v) is 9.33. The number of halogens is 1. The molecule has 0 unspecified atom stereocenters. The van der Waals surface area contributed by atoms with Crippen LogP contribution < -0.4 is 5.32 Å². The van der Waals surface area contributed by atoms with Gasteiger partial charge in [-0.3, -0.25) is 9.48 Å². The Kier molecular flexibility index (Phi) is 4.68. The number of aryl methyl sites for hydroxylation is 1. The van der Waals surface area contributed by atoms with Crippen LogP contribution in [0.4, 0.5) is 0 Å². The summed E-state index contributed by atoms with van der Waals surface area (Å²) < 4.78 is 13.0. The van der Waals surface area contributed by atoms with E-state index in [4.69, 9.17) is 20.5 Å². The number of aromatic nitrogens is 3. The molecule has 1 N–H and O–H groups in total. The molecule has 0 saturated heterocycles. The number of hydrogen-bond donors (Lipinski definition) is 1. The lowest BCUT2D eigenvalue weighted by Crippen LogP contribution is -2.26. The summed E-state index contributed by atoms with van der Waals surface area (Å²) in [6, 6.07) is 8.52. The summed E-state index contributed by atoms with van der Waals surface area (Å²) in [4.78, 5) is 12.6. The number of amides is 1. The van der Waals surface area contributed by atoms with Crippen molar-refractivity contribution in [3.63, 3.8) is 0 Å². The van der Waals surface area contributed by atoms with Crippen LogP contribution in [-0.2, 0) is 6.54 Å². The van der Waals surface area contributed by atoms with Gasteiger partial charge in [-0.25, -0.2) is 0 Å². The molecule has 8 heteroatoms. The van der Waals surface area contributed by atoms with Crippen molar-refractivity contribution in [2.45, 2.75) is 33.4 Å². The van der Waals surface area contributed by atoms with Crippen LogP contribution in [0.3, 0.4) is 0 Å². The second-order valence-electron chi connectivity index (χ2n) is 6.56. The van der Waals surface area contributed by atoms with E-state index in [-0.39, 0.29) is 17.6 Å². The second-order valence-corrected chi connectivity index (χ2v) is 7.00. The summed E-state index contributed by atoms with van der Waals surface area (Å²) in [5, 5.41) is 12.6. The highest BCUT2D eigenvalue weighted by molar-refractivity contribution is 6.31. The Hall–Kier alpha value is -3.06. The van der Waals surface area contributed by atoms with Crippen molar-refractivity contribution >= 4 is 28.5 Å². The van der Waals surface area contributed by atoms with Crippen molar-refractivity contribution in [3.8, 4) is 11.3 Å². The van der Waals surface area contributed by atoms with E-state index < -0.39 is 0 Å². The largest absolute Gasteiger partial charge is 0.459 e. The quantitative estimate of drug-likeness (QED) is 0.524. The molecule has 0 aliphatic carbocycles. The molecule has 4 aromatic rings. The average Bonchev–Trinajstić information content (AvgIpc) is 3.38. The molecule has 0 aliphatic rings. The van der Waals surface area contributed by atoms with Crippen molar-refractivity contribution in [2.75, 3.05) is 0 Å². The highest BCUT2D eigenvalue weighted by Gasteiger charge is 2.20. The van der Waals surface area contributed by atoms with Crippen LogP contribution in [0.5, 0.6) is 0 Å². The fourth-order valence-electron chi connectivity index (χ4n) is 3.11. The molecule has 0 radical (unpaired) electrons. The zero-order valence-electron chi connectivity index (χ0n) is 15.7. The second kappa shape index (κ2) is 7.16. The molecule has 0 fully saturated rings. The van der Waals surface area contributed by atoms with Gasteiger partial charge in [-0.15, -0.1) is 0 Å². The minimum Gasteiger partial charge on any atom is -0.459 e. The van der Waals surface area contributed by atoms with Crippen molar-refractivity contribution < 1.29 is 13.7 Å². The summed E-state index contributed by atoms with van der Waals surface area (Å²) in [7, 11) is 0. The molecule has 0 saturated carbocycles. The first-order valence-electron chi connectivity index (χ1n) is 8.95. The first kappa shape index (κ1) is 18.3. The zero-order chi connectivity index (χ0) is 19.8. The van der Waals surface area contributed by atoms with Gasteiger partial charge in [-0.05, 0) is 45.0 Å². The average molecular weight is 399 g/mol. The predicted octanol–water partition coefficient (Wildman–Crippen LogP) is 4.76. The Morgan fingerprint density at radius 3 is 2.89 bits per heavy atom. The SMILES string of the molecule is CCn1ncc(-c2cc(C(=O)N[C@H](C)c3cc4cc(Cl)ccc4o3)no2)c1C. The van der Waals surface area contributed by atoms with Gasteiger partial charge >= 0.3 is 0 Å². The van der Waals surface area contributed by atoms with E-state index in [1.54, 1.807) is 24.4 Å². The number of hydrogen-bond acceptors (Lipinski definition) is 5. The normalized spacial score (nSPS) is 12.4. The number of benzene rings is 1. The number of carbonyl (C=O) groups is 1. The van der Waals surface area contributed by atoms with Crippen LogP contribution in [0, 0.1) is 6.92 Å². The number of nitrogens with zero attached hydrogens (tertiary/aromatic N) is 3. The maximum Gasteiger partial charge on any atom is 0.274 e. The molecule has 1 aromatic carbocycles. The molecule has 3 heterocycles. The van der Waals surface area contributed by atoms with E-state index in [9.17, 15) is 4.79 Å². The number of fused-ring (bicyclic) bond motifs is 1. The molecule has 0 spiro atoms. The third-order valence-electron chi connectivity index (χ3n) is 4.68. The smallest absolute Gasteiger partial charge is 0.274 e. The van der Waals surface area contributed by atoms with Crippen LogP contribution in [-0.4, -0.2) is 20.8 Å². The van der Waals surface area contributed by atoms with Crippen molar-refractivity contribution in [3.05, 3.63) is 58.7 Å². The summed E-state index contributed by atoms with van der Waals surface area (Å²) in [6.07, 6.45) is 1.71. The Bertz CT molecular complexity index is 1160. The van der Waals surface area contributed by atoms with Crippen molar-refractivity contribution in [2.24, 2.45) is 0 Å². The topological polar surface area (TPSA) is 86.1 Å². The van der Waals surface area contributed by atoms with Gasteiger partial charge < -0.3 is 14.3 Å². The maximum absolute atomic E-state index is 12.6. The van der Waals surface area contributed by atoms with E-state index in [0.717, 1.165) is 23.2 Å². The standard InChI is InChI=1S/C20H19ClN4O3/c1-4-25-12(3)15(10-22-25)19-9-16(24-28-19)20(26)23-11(2)18-8-13-7-14(21)5-6-17(13)27-18/h5-11H,4H2,1-3H3,(H,23,26)/t11-/m1/s1. The third kappa shape index (κ3) is 3.29.